The first-order valence-electron chi connectivity index (χ1n) is 8.06. The maximum atomic E-state index is 12.9. The van der Waals surface area contributed by atoms with Gasteiger partial charge in [0.1, 0.15) is 5.69 Å². The molecular weight excluding hydrogens is 360 g/mol. The van der Waals surface area contributed by atoms with Crippen LogP contribution in [0.4, 0.5) is 5.69 Å². The van der Waals surface area contributed by atoms with E-state index < -0.39 is 9.84 Å². The molecule has 3 heterocycles. The highest BCUT2D eigenvalue weighted by Crippen LogP contribution is 2.41. The van der Waals surface area contributed by atoms with Gasteiger partial charge in [-0.05, 0) is 23.4 Å². The van der Waals surface area contributed by atoms with Crippen LogP contribution >= 0.6 is 0 Å². The fourth-order valence-corrected chi connectivity index (χ4v) is 5.00. The fourth-order valence-electron chi connectivity index (χ4n) is 3.43. The first-order chi connectivity index (χ1) is 12.4. The summed E-state index contributed by atoms with van der Waals surface area (Å²) < 4.78 is 32.2. The number of aryl methyl sites for hydroxylation is 1. The predicted octanol–water partition coefficient (Wildman–Crippen LogP) is 1.24. The molecule has 0 aliphatic carbocycles. The van der Waals surface area contributed by atoms with E-state index in [2.05, 4.69) is 10.3 Å². The zero-order valence-electron chi connectivity index (χ0n) is 14.0. The number of hydrogen-bond acceptors (Lipinski definition) is 7. The van der Waals surface area contributed by atoms with Crippen LogP contribution in [0, 0.1) is 4.91 Å². The van der Waals surface area contributed by atoms with Crippen molar-refractivity contribution in [2.45, 2.75) is 10.6 Å². The molecule has 0 radical (unpaired) electrons. The van der Waals surface area contributed by atoms with Gasteiger partial charge in [-0.25, -0.2) is 8.42 Å². The molecule has 0 saturated carbocycles. The standard InChI is InChI=1S/C16H16N4O5S/c1-19-15-11-8-10(18-22)2-3-13(11)26(23,24)9-12(15)14(17-19)16(21)20-4-6-25-7-5-20/h2-3,8H,4-7,9H2,1H3. The SMILES string of the molecule is Cn1nc(C(=O)N2CCOCC2)c2c1-c1cc(N=O)ccc1S(=O)(=O)C2. The Morgan fingerprint density at radius 2 is 2.00 bits per heavy atom. The number of fused-ring (bicyclic) bond motifs is 3. The molecule has 0 spiro atoms. The number of nitrogens with zero attached hydrogens (tertiary/aromatic N) is 4. The molecule has 2 aromatic rings. The van der Waals surface area contributed by atoms with Gasteiger partial charge in [-0.1, -0.05) is 0 Å². The molecule has 1 aromatic heterocycles. The van der Waals surface area contributed by atoms with Gasteiger partial charge in [0.2, 0.25) is 0 Å². The topological polar surface area (TPSA) is 111 Å². The first-order valence-corrected chi connectivity index (χ1v) is 9.71. The molecular formula is C16H16N4O5S. The fraction of sp³-hybridized carbons (Fsp3) is 0.375. The molecule has 1 amide bonds. The lowest BCUT2D eigenvalue weighted by Gasteiger charge is -2.26. The van der Waals surface area contributed by atoms with E-state index in [1.165, 1.54) is 22.9 Å². The van der Waals surface area contributed by atoms with Crippen LogP contribution in [0.2, 0.25) is 0 Å². The predicted molar refractivity (Wildman–Crippen MR) is 91.7 cm³/mol. The number of carbonyl (C=O) groups is 1. The Labute approximate surface area is 149 Å². The Kier molecular flexibility index (Phi) is 3.88. The van der Waals surface area contributed by atoms with Gasteiger partial charge < -0.3 is 9.64 Å². The van der Waals surface area contributed by atoms with E-state index >= 15 is 0 Å². The summed E-state index contributed by atoms with van der Waals surface area (Å²) in [7, 11) is -2.00. The van der Waals surface area contributed by atoms with Crippen LogP contribution in [-0.4, -0.2) is 55.3 Å². The average molecular weight is 376 g/mol. The van der Waals surface area contributed by atoms with Gasteiger partial charge in [-0.3, -0.25) is 9.48 Å². The highest BCUT2D eigenvalue weighted by molar-refractivity contribution is 7.90. The second-order valence-corrected chi connectivity index (χ2v) is 8.19. The highest BCUT2D eigenvalue weighted by atomic mass is 32.2. The minimum absolute atomic E-state index is 0.116. The number of aromatic nitrogens is 2. The Bertz CT molecular complexity index is 1020. The average Bonchev–Trinajstić information content (AvgIpc) is 2.97. The molecule has 4 rings (SSSR count). The number of morpholine rings is 1. The first kappa shape index (κ1) is 16.9. The van der Waals surface area contributed by atoms with Crippen molar-refractivity contribution < 1.29 is 17.9 Å². The molecule has 26 heavy (non-hydrogen) atoms. The van der Waals surface area contributed by atoms with E-state index in [9.17, 15) is 18.1 Å². The second kappa shape index (κ2) is 5.99. The van der Waals surface area contributed by atoms with Crippen molar-refractivity contribution in [3.05, 3.63) is 34.4 Å². The molecule has 9 nitrogen and oxygen atoms in total. The molecule has 0 unspecified atom stereocenters. The third-order valence-corrected chi connectivity index (χ3v) is 6.33. The Morgan fingerprint density at radius 1 is 1.27 bits per heavy atom. The third kappa shape index (κ3) is 2.53. The van der Waals surface area contributed by atoms with Crippen LogP contribution in [0.5, 0.6) is 0 Å². The third-order valence-electron chi connectivity index (χ3n) is 4.64. The Balaban J connectivity index is 1.89. The minimum Gasteiger partial charge on any atom is -0.378 e. The summed E-state index contributed by atoms with van der Waals surface area (Å²) in [5.74, 6) is -0.615. The van der Waals surface area contributed by atoms with Crippen molar-refractivity contribution in [3.8, 4) is 11.3 Å². The molecule has 1 fully saturated rings. The number of benzene rings is 1. The van der Waals surface area contributed by atoms with Crippen LogP contribution < -0.4 is 0 Å². The quantitative estimate of drug-likeness (QED) is 0.729. The molecule has 136 valence electrons. The van der Waals surface area contributed by atoms with E-state index in [1.807, 2.05) is 0 Å². The van der Waals surface area contributed by atoms with Gasteiger partial charge >= 0.3 is 0 Å². The van der Waals surface area contributed by atoms with Crippen molar-refractivity contribution >= 4 is 21.4 Å². The molecule has 1 aromatic carbocycles. The summed E-state index contributed by atoms with van der Waals surface area (Å²) in [6.45, 7) is 1.76. The van der Waals surface area contributed by atoms with Gasteiger partial charge in [-0.2, -0.15) is 5.10 Å². The monoisotopic (exact) mass is 376 g/mol. The summed E-state index contributed by atoms with van der Waals surface area (Å²) in [4.78, 5) is 25.5. The zero-order chi connectivity index (χ0) is 18.5. The van der Waals surface area contributed by atoms with Crippen molar-refractivity contribution in [2.75, 3.05) is 26.3 Å². The maximum Gasteiger partial charge on any atom is 0.274 e. The maximum absolute atomic E-state index is 12.9. The van der Waals surface area contributed by atoms with E-state index in [0.717, 1.165) is 0 Å². The molecule has 1 saturated heterocycles. The van der Waals surface area contributed by atoms with Crippen molar-refractivity contribution in [3.63, 3.8) is 0 Å². The summed E-state index contributed by atoms with van der Waals surface area (Å²) in [6, 6.07) is 4.16. The molecule has 0 bridgehead atoms. The van der Waals surface area contributed by atoms with Gasteiger partial charge in [0.05, 0.1) is 29.6 Å². The molecule has 2 aliphatic rings. The van der Waals surface area contributed by atoms with Crippen LogP contribution in [0.1, 0.15) is 16.1 Å². The van der Waals surface area contributed by atoms with E-state index in [4.69, 9.17) is 4.74 Å². The summed E-state index contributed by atoms with van der Waals surface area (Å²) >= 11 is 0. The molecule has 2 aliphatic heterocycles. The lowest BCUT2D eigenvalue weighted by Crippen LogP contribution is -2.41. The van der Waals surface area contributed by atoms with Gasteiger partial charge in [-0.15, -0.1) is 4.91 Å². The summed E-state index contributed by atoms with van der Waals surface area (Å²) in [5, 5.41) is 7.18. The van der Waals surface area contributed by atoms with Gasteiger partial charge in [0.15, 0.2) is 15.5 Å². The largest absolute Gasteiger partial charge is 0.378 e. The Hall–Kier alpha value is -2.59. The molecule has 0 atom stereocenters. The van der Waals surface area contributed by atoms with E-state index in [-0.39, 0.29) is 27.9 Å². The number of sulfone groups is 1. The van der Waals surface area contributed by atoms with Crippen molar-refractivity contribution in [1.82, 2.24) is 14.7 Å². The van der Waals surface area contributed by atoms with Crippen molar-refractivity contribution in [2.24, 2.45) is 12.2 Å². The number of nitroso groups, excluding NO2 is 1. The Morgan fingerprint density at radius 3 is 2.69 bits per heavy atom. The lowest BCUT2D eigenvalue weighted by atomic mass is 10.0. The number of carbonyl (C=O) groups excluding carboxylic acids is 1. The van der Waals surface area contributed by atoms with Crippen LogP contribution in [0.3, 0.4) is 0 Å². The van der Waals surface area contributed by atoms with Gasteiger partial charge in [0.25, 0.3) is 5.91 Å². The summed E-state index contributed by atoms with van der Waals surface area (Å²) in [6.07, 6.45) is 0. The summed E-state index contributed by atoms with van der Waals surface area (Å²) in [5.41, 5.74) is 1.48. The van der Waals surface area contributed by atoms with Crippen LogP contribution in [0.15, 0.2) is 28.3 Å². The number of ether oxygens (including phenoxy) is 1. The van der Waals surface area contributed by atoms with Crippen molar-refractivity contribution in [1.29, 1.82) is 0 Å². The normalized spacial score (nSPS) is 18.1. The van der Waals surface area contributed by atoms with Gasteiger partial charge in [0, 0.05) is 31.3 Å². The van der Waals surface area contributed by atoms with E-state index in [0.29, 0.717) is 43.1 Å². The molecule has 0 N–H and O–H groups in total. The number of rotatable bonds is 2. The smallest absolute Gasteiger partial charge is 0.274 e. The van der Waals surface area contributed by atoms with Crippen LogP contribution in [-0.2, 0) is 27.4 Å². The second-order valence-electron chi connectivity index (χ2n) is 6.23. The van der Waals surface area contributed by atoms with E-state index in [1.54, 1.807) is 11.9 Å². The van der Waals surface area contributed by atoms with Crippen LogP contribution in [0.25, 0.3) is 11.3 Å². The molecule has 10 heteroatoms. The zero-order valence-corrected chi connectivity index (χ0v) is 14.8. The number of amides is 1. The minimum atomic E-state index is -3.65. The lowest BCUT2D eigenvalue weighted by molar-refractivity contribution is 0.0298. The highest BCUT2D eigenvalue weighted by Gasteiger charge is 2.36. The number of hydrogen-bond donors (Lipinski definition) is 0.